The van der Waals surface area contributed by atoms with Crippen molar-refractivity contribution in [2.24, 2.45) is 5.92 Å². The number of ketones is 1. The van der Waals surface area contributed by atoms with E-state index in [9.17, 15) is 14.7 Å². The number of carboxylic acid groups (broad SMARTS) is 1. The first-order valence-electron chi connectivity index (χ1n) is 9.92. The number of halogens is 2. The van der Waals surface area contributed by atoms with Gasteiger partial charge in [0.05, 0.1) is 5.69 Å². The van der Waals surface area contributed by atoms with Gasteiger partial charge >= 0.3 is 5.97 Å². The number of nitrogens with zero attached hydrogens (tertiary/aromatic N) is 2. The van der Waals surface area contributed by atoms with Gasteiger partial charge in [-0.25, -0.2) is 0 Å². The van der Waals surface area contributed by atoms with Crippen LogP contribution in [0.25, 0.3) is 0 Å². The Morgan fingerprint density at radius 1 is 1.20 bits per heavy atom. The number of rotatable bonds is 8. The lowest BCUT2D eigenvalue weighted by atomic mass is 9.89. The van der Waals surface area contributed by atoms with Crippen LogP contribution < -0.4 is 5.32 Å². The van der Waals surface area contributed by atoms with Crippen LogP contribution >= 0.6 is 31.9 Å². The molecule has 2 N–H and O–H groups in total. The summed E-state index contributed by atoms with van der Waals surface area (Å²) in [5.74, 6) is -1.89. The average Bonchev–Trinajstić information content (AvgIpc) is 2.72. The van der Waals surface area contributed by atoms with Gasteiger partial charge in [-0.15, -0.1) is 0 Å². The zero-order chi connectivity index (χ0) is 21.7. The fourth-order valence-electron chi connectivity index (χ4n) is 3.95. The van der Waals surface area contributed by atoms with Crippen LogP contribution in [0.5, 0.6) is 0 Å². The Kier molecular flexibility index (Phi) is 8.02. The maximum atomic E-state index is 12.8. The zero-order valence-corrected chi connectivity index (χ0v) is 19.9. The summed E-state index contributed by atoms with van der Waals surface area (Å²) in [5, 5.41) is 12.8. The largest absolute Gasteiger partial charge is 0.481 e. The van der Waals surface area contributed by atoms with Crippen molar-refractivity contribution < 1.29 is 14.7 Å². The number of Topliss-reactive ketones (excluding diaryl/α,β-unsaturated/α-hetero) is 1. The lowest BCUT2D eigenvalue weighted by Crippen LogP contribution is -2.41. The van der Waals surface area contributed by atoms with E-state index in [2.05, 4.69) is 47.1 Å². The molecule has 0 radical (unpaired) electrons. The minimum atomic E-state index is -1.05. The van der Waals surface area contributed by atoms with Crippen molar-refractivity contribution in [3.8, 4) is 0 Å². The smallest absolute Gasteiger partial charge is 0.315 e. The first-order chi connectivity index (χ1) is 14.4. The molecule has 160 valence electrons. The van der Waals surface area contributed by atoms with Crippen molar-refractivity contribution >= 4 is 49.3 Å². The zero-order valence-electron chi connectivity index (χ0n) is 16.8. The molecule has 1 unspecified atom stereocenters. The van der Waals surface area contributed by atoms with Crippen LogP contribution in [0, 0.1) is 5.92 Å². The average molecular weight is 539 g/mol. The van der Waals surface area contributed by atoms with E-state index in [0.29, 0.717) is 5.92 Å². The summed E-state index contributed by atoms with van der Waals surface area (Å²) in [7, 11) is 1.81. The fraction of sp³-hybridized carbons (Fsp3) is 0.409. The fourth-order valence-corrected chi connectivity index (χ4v) is 5.63. The van der Waals surface area contributed by atoms with E-state index in [1.54, 1.807) is 12.4 Å². The lowest BCUT2D eigenvalue weighted by molar-refractivity contribution is -0.147. The van der Waals surface area contributed by atoms with Gasteiger partial charge < -0.3 is 15.3 Å². The number of carbonyl (C=O) groups excluding carboxylic acids is 1. The van der Waals surface area contributed by atoms with Gasteiger partial charge in [0.25, 0.3) is 0 Å². The summed E-state index contributed by atoms with van der Waals surface area (Å²) in [5.41, 5.74) is 2.94. The van der Waals surface area contributed by atoms with E-state index < -0.39 is 11.9 Å². The highest BCUT2D eigenvalue weighted by Gasteiger charge is 2.30. The number of carboxylic acids is 1. The summed E-state index contributed by atoms with van der Waals surface area (Å²) in [6.07, 6.45) is 5.61. The molecule has 1 fully saturated rings. The first-order valence-corrected chi connectivity index (χ1v) is 11.5. The Bertz CT molecular complexity index is 877. The number of anilines is 1. The van der Waals surface area contributed by atoms with Crippen LogP contribution in [0.4, 0.5) is 5.69 Å². The summed E-state index contributed by atoms with van der Waals surface area (Å²) in [6.45, 7) is 1.84. The first kappa shape index (κ1) is 22.9. The molecular formula is C22H25Br2N3O3. The van der Waals surface area contributed by atoms with E-state index in [1.807, 2.05) is 31.3 Å². The summed E-state index contributed by atoms with van der Waals surface area (Å²) in [4.78, 5) is 30.8. The van der Waals surface area contributed by atoms with Gasteiger partial charge in [0.2, 0.25) is 0 Å². The highest BCUT2D eigenvalue weighted by Crippen LogP contribution is 2.33. The molecule has 1 aromatic heterocycles. The summed E-state index contributed by atoms with van der Waals surface area (Å²) >= 11 is 6.97. The van der Waals surface area contributed by atoms with E-state index in [-0.39, 0.29) is 18.7 Å². The molecule has 3 rings (SSSR count). The molecule has 0 spiro atoms. The second kappa shape index (κ2) is 10.5. The molecule has 2 heterocycles. The standard InChI is InChI=1S/C22H25Br2N3O3/c1-25-21-18(23)10-14(11-19(21)24)12-20(28)17(22(29)30)13-27-8-4-16(5-9-27)15-2-6-26-7-3-15/h2-3,6-7,10-11,16-17,25H,4-5,8-9,12-13H2,1H3,(H,29,30). The van der Waals surface area contributed by atoms with Crippen molar-refractivity contribution in [2.75, 3.05) is 32.0 Å². The van der Waals surface area contributed by atoms with Crippen LogP contribution in [0.1, 0.15) is 29.9 Å². The maximum absolute atomic E-state index is 12.8. The number of aromatic nitrogens is 1. The van der Waals surface area contributed by atoms with Gasteiger partial charge in [-0.3, -0.25) is 14.6 Å². The molecule has 6 nitrogen and oxygen atoms in total. The quantitative estimate of drug-likeness (QED) is 0.486. The Morgan fingerprint density at radius 2 is 1.80 bits per heavy atom. The van der Waals surface area contributed by atoms with Gasteiger partial charge in [0, 0.05) is 41.4 Å². The highest BCUT2D eigenvalue weighted by atomic mass is 79.9. The molecule has 0 bridgehead atoms. The van der Waals surface area contributed by atoms with E-state index in [0.717, 1.165) is 46.1 Å². The second-order valence-electron chi connectivity index (χ2n) is 7.57. The number of piperidine rings is 1. The van der Waals surface area contributed by atoms with Gasteiger partial charge in [-0.05, 0) is 99.1 Å². The van der Waals surface area contributed by atoms with Gasteiger partial charge in [-0.1, -0.05) is 0 Å². The number of nitrogens with one attached hydrogen (secondary N) is 1. The van der Waals surface area contributed by atoms with Crippen LogP contribution in [-0.4, -0.2) is 53.4 Å². The molecule has 8 heteroatoms. The summed E-state index contributed by atoms with van der Waals surface area (Å²) < 4.78 is 1.65. The van der Waals surface area contributed by atoms with Crippen molar-refractivity contribution in [3.63, 3.8) is 0 Å². The molecule has 1 aromatic carbocycles. The molecule has 1 aliphatic rings. The van der Waals surface area contributed by atoms with Crippen molar-refractivity contribution in [1.29, 1.82) is 0 Å². The number of carbonyl (C=O) groups is 2. The number of hydrogen-bond acceptors (Lipinski definition) is 5. The molecule has 0 aliphatic carbocycles. The molecule has 1 saturated heterocycles. The van der Waals surface area contributed by atoms with Crippen LogP contribution in [0.2, 0.25) is 0 Å². The maximum Gasteiger partial charge on any atom is 0.315 e. The number of hydrogen-bond donors (Lipinski definition) is 2. The third kappa shape index (κ3) is 5.68. The molecule has 30 heavy (non-hydrogen) atoms. The minimum absolute atomic E-state index is 0.0889. The van der Waals surface area contributed by atoms with E-state index >= 15 is 0 Å². The summed E-state index contributed by atoms with van der Waals surface area (Å²) in [6, 6.07) is 7.79. The number of benzene rings is 1. The van der Waals surface area contributed by atoms with Gasteiger partial charge in [0.1, 0.15) is 5.92 Å². The molecule has 2 aromatic rings. The normalized spacial score (nSPS) is 16.2. The van der Waals surface area contributed by atoms with E-state index in [4.69, 9.17) is 0 Å². The third-order valence-corrected chi connectivity index (χ3v) is 6.87. The predicted octanol–water partition coefficient (Wildman–Crippen LogP) is 4.34. The highest BCUT2D eigenvalue weighted by molar-refractivity contribution is 9.11. The Balaban J connectivity index is 1.61. The minimum Gasteiger partial charge on any atom is -0.481 e. The van der Waals surface area contributed by atoms with Gasteiger partial charge in [0.15, 0.2) is 5.78 Å². The van der Waals surface area contributed by atoms with Gasteiger partial charge in [-0.2, -0.15) is 0 Å². The SMILES string of the molecule is CNc1c(Br)cc(CC(=O)C(CN2CCC(c3ccncc3)CC2)C(=O)O)cc1Br. The third-order valence-electron chi connectivity index (χ3n) is 5.62. The molecular weight excluding hydrogens is 514 g/mol. The Labute approximate surface area is 193 Å². The van der Waals surface area contributed by atoms with Crippen molar-refractivity contribution in [3.05, 3.63) is 56.7 Å². The topological polar surface area (TPSA) is 82.5 Å². The predicted molar refractivity (Wildman–Crippen MR) is 124 cm³/mol. The van der Waals surface area contributed by atoms with Crippen molar-refractivity contribution in [2.45, 2.75) is 25.2 Å². The Morgan fingerprint density at radius 3 is 2.33 bits per heavy atom. The van der Waals surface area contributed by atoms with Crippen LogP contribution in [0.3, 0.4) is 0 Å². The Hall–Kier alpha value is -1.77. The van der Waals surface area contributed by atoms with Crippen molar-refractivity contribution in [1.82, 2.24) is 9.88 Å². The number of likely N-dealkylation sites (tertiary alicyclic amines) is 1. The number of pyridine rings is 1. The number of aliphatic carboxylic acids is 1. The monoisotopic (exact) mass is 537 g/mol. The molecule has 0 amide bonds. The van der Waals surface area contributed by atoms with Crippen LogP contribution in [0.15, 0.2) is 45.6 Å². The second-order valence-corrected chi connectivity index (χ2v) is 9.28. The molecule has 0 saturated carbocycles. The lowest BCUT2D eigenvalue weighted by Gasteiger charge is -2.33. The molecule has 1 aliphatic heterocycles. The van der Waals surface area contributed by atoms with Crippen LogP contribution in [-0.2, 0) is 16.0 Å². The van der Waals surface area contributed by atoms with E-state index in [1.165, 1.54) is 5.56 Å². The molecule has 1 atom stereocenters.